The Morgan fingerprint density at radius 1 is 1.04 bits per heavy atom. The van der Waals surface area contributed by atoms with Gasteiger partial charge >= 0.3 is 0 Å². The maximum absolute atomic E-state index is 10.00. The molecule has 0 aromatic carbocycles. The number of unbranched alkanes of at least 4 members (excludes halogenated alkanes) is 9. The van der Waals surface area contributed by atoms with Crippen LogP contribution < -0.4 is 0 Å². The highest BCUT2D eigenvalue weighted by atomic mass is 16.6. The van der Waals surface area contributed by atoms with Crippen LogP contribution in [0.5, 0.6) is 0 Å². The molecule has 1 saturated heterocycles. The van der Waals surface area contributed by atoms with E-state index >= 15 is 0 Å². The van der Waals surface area contributed by atoms with Crippen LogP contribution in [0, 0.1) is 0 Å². The molecule has 0 aromatic rings. The normalized spacial score (nSPS) is 25.0. The highest BCUT2D eigenvalue weighted by Crippen LogP contribution is 2.20. The number of allylic oxidation sites excluding steroid dienone is 1. The minimum absolute atomic E-state index is 0.245. The molecule has 5 heteroatoms. The predicted molar refractivity (Wildman–Crippen MR) is 99.6 cm³/mol. The van der Waals surface area contributed by atoms with E-state index in [9.17, 15) is 10.2 Å². The van der Waals surface area contributed by atoms with Crippen molar-refractivity contribution in [2.24, 2.45) is 0 Å². The molecule has 0 aromatic heterocycles. The first-order valence-corrected chi connectivity index (χ1v) is 10.1. The fourth-order valence-electron chi connectivity index (χ4n) is 3.14. The fraction of sp³-hybridized carbons (Fsp3) is 0.900. The van der Waals surface area contributed by atoms with Gasteiger partial charge in [0.2, 0.25) is 0 Å². The first kappa shape index (κ1) is 22.6. The molecule has 5 nitrogen and oxygen atoms in total. The minimum atomic E-state index is -1.06. The van der Waals surface area contributed by atoms with E-state index in [-0.39, 0.29) is 6.61 Å². The van der Waals surface area contributed by atoms with E-state index in [4.69, 9.17) is 14.6 Å². The standard InChI is InChI=1S/C20H38O5/c1-2-3-4-5-6-7-8-9-10-11-12-13-14-24-18-16-25-20(19(18)23)17(22)15-21/h12-13,17-23H,2-11,14-16H2,1H3/b13-12+/t17-,18+,19-,20-/m0/s1. The second-order valence-electron chi connectivity index (χ2n) is 7.00. The third-order valence-corrected chi connectivity index (χ3v) is 4.78. The summed E-state index contributed by atoms with van der Waals surface area (Å²) in [7, 11) is 0. The third-order valence-electron chi connectivity index (χ3n) is 4.78. The molecule has 1 fully saturated rings. The Bertz CT molecular complexity index is 334. The van der Waals surface area contributed by atoms with Crippen molar-refractivity contribution in [3.05, 3.63) is 12.2 Å². The van der Waals surface area contributed by atoms with E-state index in [1.807, 2.05) is 6.08 Å². The van der Waals surface area contributed by atoms with Crippen LogP contribution in [0.25, 0.3) is 0 Å². The zero-order valence-electron chi connectivity index (χ0n) is 15.8. The molecule has 0 unspecified atom stereocenters. The van der Waals surface area contributed by atoms with Gasteiger partial charge in [-0.25, -0.2) is 0 Å². The van der Waals surface area contributed by atoms with Crippen LogP contribution in [0.1, 0.15) is 71.1 Å². The Hall–Kier alpha value is -0.460. The van der Waals surface area contributed by atoms with Crippen molar-refractivity contribution in [2.75, 3.05) is 19.8 Å². The largest absolute Gasteiger partial charge is 0.394 e. The Morgan fingerprint density at radius 2 is 1.68 bits per heavy atom. The molecular formula is C20H38O5. The van der Waals surface area contributed by atoms with Crippen LogP contribution >= 0.6 is 0 Å². The lowest BCUT2D eigenvalue weighted by atomic mass is 10.1. The lowest BCUT2D eigenvalue weighted by Crippen LogP contribution is -2.41. The molecular weight excluding hydrogens is 320 g/mol. The quantitative estimate of drug-likeness (QED) is 0.310. The van der Waals surface area contributed by atoms with E-state index in [2.05, 4.69) is 13.0 Å². The van der Waals surface area contributed by atoms with Gasteiger partial charge in [-0.1, -0.05) is 70.4 Å². The maximum atomic E-state index is 10.00. The zero-order valence-corrected chi connectivity index (χ0v) is 15.8. The number of aliphatic hydroxyl groups excluding tert-OH is 3. The summed E-state index contributed by atoms with van der Waals surface area (Å²) < 4.78 is 10.9. The Balaban J connectivity index is 1.94. The molecule has 3 N–H and O–H groups in total. The lowest BCUT2D eigenvalue weighted by Gasteiger charge is -2.20. The van der Waals surface area contributed by atoms with Gasteiger partial charge in [0.15, 0.2) is 0 Å². The molecule has 1 rings (SSSR count). The number of aliphatic hydroxyl groups is 3. The summed E-state index contributed by atoms with van der Waals surface area (Å²) in [5.41, 5.74) is 0. The fourth-order valence-corrected chi connectivity index (χ4v) is 3.14. The molecule has 0 bridgehead atoms. The van der Waals surface area contributed by atoms with E-state index in [0.29, 0.717) is 6.61 Å². The van der Waals surface area contributed by atoms with Gasteiger partial charge in [0.25, 0.3) is 0 Å². The van der Waals surface area contributed by atoms with Gasteiger partial charge in [-0.05, 0) is 12.8 Å². The van der Waals surface area contributed by atoms with E-state index in [0.717, 1.165) is 6.42 Å². The summed E-state index contributed by atoms with van der Waals surface area (Å²) in [6.07, 6.45) is 14.0. The second kappa shape index (κ2) is 14.7. The van der Waals surface area contributed by atoms with Crippen molar-refractivity contribution in [3.8, 4) is 0 Å². The molecule has 148 valence electrons. The van der Waals surface area contributed by atoms with Crippen LogP contribution in [0.4, 0.5) is 0 Å². The van der Waals surface area contributed by atoms with Gasteiger partial charge in [0, 0.05) is 0 Å². The summed E-state index contributed by atoms with van der Waals surface area (Å²) in [6, 6.07) is 0. The highest BCUT2D eigenvalue weighted by molar-refractivity contribution is 4.90. The van der Waals surface area contributed by atoms with Crippen LogP contribution in [0.2, 0.25) is 0 Å². The Labute approximate surface area is 153 Å². The number of ether oxygens (including phenoxy) is 2. The average Bonchev–Trinajstić information content (AvgIpc) is 2.99. The van der Waals surface area contributed by atoms with E-state index in [1.54, 1.807) is 0 Å². The van der Waals surface area contributed by atoms with Crippen molar-refractivity contribution in [2.45, 2.75) is 95.5 Å². The first-order valence-electron chi connectivity index (χ1n) is 10.1. The van der Waals surface area contributed by atoms with Gasteiger partial charge in [-0.15, -0.1) is 0 Å². The molecule has 0 amide bonds. The predicted octanol–water partition coefficient (Wildman–Crippen LogP) is 2.96. The zero-order chi connectivity index (χ0) is 18.3. The van der Waals surface area contributed by atoms with Crippen LogP contribution in [-0.2, 0) is 9.47 Å². The van der Waals surface area contributed by atoms with Crippen molar-refractivity contribution >= 4 is 0 Å². The minimum Gasteiger partial charge on any atom is -0.394 e. The number of hydrogen-bond donors (Lipinski definition) is 3. The van der Waals surface area contributed by atoms with Crippen LogP contribution in [-0.4, -0.2) is 59.6 Å². The van der Waals surface area contributed by atoms with Gasteiger partial charge in [0.05, 0.1) is 19.8 Å². The smallest absolute Gasteiger partial charge is 0.114 e. The summed E-state index contributed by atoms with van der Waals surface area (Å²) in [5.74, 6) is 0. The van der Waals surface area contributed by atoms with E-state index < -0.39 is 31.0 Å². The monoisotopic (exact) mass is 358 g/mol. The summed E-state index contributed by atoms with van der Waals surface area (Å²) in [6.45, 7) is 2.51. The Morgan fingerprint density at radius 3 is 2.32 bits per heavy atom. The van der Waals surface area contributed by atoms with Crippen LogP contribution in [0.3, 0.4) is 0 Å². The van der Waals surface area contributed by atoms with Crippen molar-refractivity contribution in [1.29, 1.82) is 0 Å². The highest BCUT2D eigenvalue weighted by Gasteiger charge is 2.40. The SMILES string of the molecule is CCCCCCCCCCC/C=C/CO[C@@H]1CO[C@@H]([C@@H](O)CO)[C@H]1O. The van der Waals surface area contributed by atoms with Crippen molar-refractivity contribution < 1.29 is 24.8 Å². The molecule has 1 aliphatic heterocycles. The molecule has 4 atom stereocenters. The molecule has 0 saturated carbocycles. The summed E-state index contributed by atoms with van der Waals surface area (Å²) in [4.78, 5) is 0. The molecule has 1 aliphatic rings. The molecule has 25 heavy (non-hydrogen) atoms. The van der Waals surface area contributed by atoms with Gasteiger partial charge in [-0.3, -0.25) is 0 Å². The lowest BCUT2D eigenvalue weighted by molar-refractivity contribution is -0.0716. The Kier molecular flexibility index (Phi) is 13.3. The molecule has 1 heterocycles. The number of rotatable bonds is 15. The van der Waals surface area contributed by atoms with Crippen molar-refractivity contribution in [1.82, 2.24) is 0 Å². The molecule has 0 aliphatic carbocycles. The first-order chi connectivity index (χ1) is 12.2. The second-order valence-corrected chi connectivity index (χ2v) is 7.00. The summed E-state index contributed by atoms with van der Waals surface area (Å²) >= 11 is 0. The van der Waals surface area contributed by atoms with Crippen molar-refractivity contribution in [3.63, 3.8) is 0 Å². The van der Waals surface area contributed by atoms with Gasteiger partial charge < -0.3 is 24.8 Å². The van der Waals surface area contributed by atoms with E-state index in [1.165, 1.54) is 57.8 Å². The maximum Gasteiger partial charge on any atom is 0.114 e. The number of hydrogen-bond acceptors (Lipinski definition) is 5. The van der Waals surface area contributed by atoms with Gasteiger partial charge in [-0.2, -0.15) is 0 Å². The van der Waals surface area contributed by atoms with Crippen LogP contribution in [0.15, 0.2) is 12.2 Å². The summed E-state index contributed by atoms with van der Waals surface area (Å²) in [5, 5.41) is 28.4. The van der Waals surface area contributed by atoms with Gasteiger partial charge in [0.1, 0.15) is 24.4 Å². The average molecular weight is 359 g/mol. The molecule has 0 spiro atoms. The molecule has 0 radical (unpaired) electrons. The third kappa shape index (κ3) is 9.71. The topological polar surface area (TPSA) is 79.2 Å².